The molecule has 0 aliphatic carbocycles. The number of esters is 3. The zero-order chi connectivity index (χ0) is 43.4. The molecule has 0 rings (SSSR count). The van der Waals surface area contributed by atoms with E-state index in [0.717, 1.165) is 20.8 Å². The molecule has 12 nitrogen and oxygen atoms in total. The molecule has 5 unspecified atom stereocenters. The molecule has 0 aromatic rings. The van der Waals surface area contributed by atoms with E-state index < -0.39 is 159 Å². The molecule has 0 saturated heterocycles. The van der Waals surface area contributed by atoms with E-state index in [4.69, 9.17) is 9.47 Å². The van der Waals surface area contributed by atoms with Crippen LogP contribution in [0.4, 0.5) is 65.9 Å². The van der Waals surface area contributed by atoms with Gasteiger partial charge in [-0.2, -0.15) is 65.9 Å². The Morgan fingerprint density at radius 2 is 0.821 bits per heavy atom. The van der Waals surface area contributed by atoms with E-state index in [1.165, 1.54) is 0 Å². The van der Waals surface area contributed by atoms with Crippen LogP contribution in [0, 0.1) is 5.92 Å². The van der Waals surface area contributed by atoms with Gasteiger partial charge >= 0.3 is 83.8 Å². The van der Waals surface area contributed by atoms with Crippen molar-refractivity contribution in [2.45, 2.75) is 106 Å². The van der Waals surface area contributed by atoms with Crippen LogP contribution in [-0.4, -0.2) is 130 Å². The molecule has 0 N–H and O–H groups in total. The first-order valence-electron chi connectivity index (χ1n) is 15.3. The summed E-state index contributed by atoms with van der Waals surface area (Å²) in [6, 6.07) is 0. The minimum Gasteiger partial charge on any atom is -0.747 e. The Bertz CT molecular complexity index is 1350. The van der Waals surface area contributed by atoms with E-state index in [1.54, 1.807) is 0 Å². The Labute approximate surface area is 330 Å². The molecule has 0 aromatic carbocycles. The van der Waals surface area contributed by atoms with E-state index in [0.29, 0.717) is 0 Å². The van der Waals surface area contributed by atoms with Crippen molar-refractivity contribution in [3.8, 4) is 0 Å². The molecule has 0 aliphatic heterocycles. The van der Waals surface area contributed by atoms with Crippen molar-refractivity contribution < 1.29 is 151 Å². The monoisotopic (exact) mass is 890 g/mol. The van der Waals surface area contributed by atoms with Gasteiger partial charge in [0, 0.05) is 0 Å². The topological polar surface area (TPSA) is 164 Å². The Morgan fingerprint density at radius 3 is 1.09 bits per heavy atom. The number of carbonyl (C=O) groups is 3. The van der Waals surface area contributed by atoms with E-state index in [2.05, 4.69) is 18.9 Å². The Morgan fingerprint density at radius 1 is 0.536 bits per heavy atom. The zero-order valence-corrected chi connectivity index (χ0v) is 32.3. The molecule has 326 valence electrons. The third-order valence-electron chi connectivity index (χ3n) is 6.83. The predicted octanol–water partition coefficient (Wildman–Crippen LogP) is 2.52. The van der Waals surface area contributed by atoms with Crippen LogP contribution in [0.2, 0.25) is 0 Å². The van der Waals surface area contributed by atoms with E-state index in [1.807, 2.05) is 0 Å². The van der Waals surface area contributed by atoms with Crippen molar-refractivity contribution in [2.75, 3.05) is 39.6 Å². The Hall–Kier alpha value is -1.85. The molecule has 0 fully saturated rings. The first kappa shape index (κ1) is 56.2. The smallest absolute Gasteiger partial charge is 0.747 e. The van der Waals surface area contributed by atoms with Crippen LogP contribution in [-0.2, 0) is 52.9 Å². The van der Waals surface area contributed by atoms with Gasteiger partial charge in [-0.25, -0.2) is 8.42 Å². The van der Waals surface area contributed by atoms with Crippen molar-refractivity contribution in [3.63, 3.8) is 0 Å². The normalized spacial score (nSPS) is 16.2. The fraction of sp³-hybridized carbons (Fsp3) is 0.889. The molecule has 5 atom stereocenters. The van der Waals surface area contributed by atoms with Crippen LogP contribution in [0.3, 0.4) is 0 Å². The van der Waals surface area contributed by atoms with Crippen LogP contribution in [0.5, 0.6) is 0 Å². The molecular weight excluding hydrogens is 856 g/mol. The predicted molar refractivity (Wildman–Crippen MR) is 148 cm³/mol. The largest absolute Gasteiger partial charge is 1.00 e. The second-order valence-corrected chi connectivity index (χ2v) is 12.8. The van der Waals surface area contributed by atoms with E-state index >= 15 is 0 Å². The summed E-state index contributed by atoms with van der Waals surface area (Å²) in [6.07, 6.45) is -27.1. The molecule has 0 spiro atoms. The SMILES string of the molecule is CCC(COCC(F)(F)C(F)(F)F)OC(=O)CC(C(=O)OC(CC)COCC(F)(F)C(F)(F)F)C(C(=O)OC(CC)COCC(F)(F)C(F)(F)F)S(=O)(=O)[O-].[Na+]. The van der Waals surface area contributed by atoms with Crippen molar-refractivity contribution >= 4 is 28.0 Å². The van der Waals surface area contributed by atoms with Gasteiger partial charge < -0.3 is 33.0 Å². The summed E-state index contributed by atoms with van der Waals surface area (Å²) in [5.41, 5.74) is 0. The van der Waals surface area contributed by atoms with Gasteiger partial charge in [-0.15, -0.1) is 0 Å². The van der Waals surface area contributed by atoms with E-state index in [-0.39, 0.29) is 29.6 Å². The molecule has 0 amide bonds. The number of carbonyl (C=O) groups excluding carboxylic acids is 3. The van der Waals surface area contributed by atoms with Gasteiger partial charge in [-0.05, 0) is 19.3 Å². The first-order valence-corrected chi connectivity index (χ1v) is 16.8. The van der Waals surface area contributed by atoms with Crippen LogP contribution in [0.1, 0.15) is 46.5 Å². The summed E-state index contributed by atoms with van der Waals surface area (Å²) in [5, 5.41) is -3.41. The van der Waals surface area contributed by atoms with E-state index in [9.17, 15) is 93.2 Å². The Balaban J connectivity index is 0. The molecule has 0 bridgehead atoms. The fourth-order valence-electron chi connectivity index (χ4n) is 3.60. The maximum atomic E-state index is 13.2. The number of hydrogen-bond acceptors (Lipinski definition) is 12. The van der Waals surface area contributed by atoms with Crippen LogP contribution < -0.4 is 29.6 Å². The molecule has 0 aliphatic rings. The van der Waals surface area contributed by atoms with Gasteiger partial charge in [0.25, 0.3) is 0 Å². The average molecular weight is 891 g/mol. The minimum absolute atomic E-state index is 0. The van der Waals surface area contributed by atoms with Crippen molar-refractivity contribution in [2.24, 2.45) is 5.92 Å². The number of alkyl halides is 15. The quantitative estimate of drug-likeness (QED) is 0.0459. The summed E-state index contributed by atoms with van der Waals surface area (Å²) in [6.45, 7) is -7.48. The van der Waals surface area contributed by atoms with Gasteiger partial charge in [-0.1, -0.05) is 20.8 Å². The van der Waals surface area contributed by atoms with Gasteiger partial charge in [0.1, 0.15) is 48.3 Å². The van der Waals surface area contributed by atoms with Crippen molar-refractivity contribution in [3.05, 3.63) is 0 Å². The summed E-state index contributed by atoms with van der Waals surface area (Å²) < 4.78 is 255. The number of halogens is 15. The minimum atomic E-state index is -6.26. The van der Waals surface area contributed by atoms with Gasteiger partial charge in [0.15, 0.2) is 5.25 Å². The average Bonchev–Trinajstić information content (AvgIpc) is 3.00. The molecular formula is C27H34F15NaO12S. The summed E-state index contributed by atoms with van der Waals surface area (Å²) in [4.78, 5) is 38.9. The molecule has 0 aromatic heterocycles. The summed E-state index contributed by atoms with van der Waals surface area (Å²) in [5.74, 6) is -25.4. The standard InChI is InChI=1S/C27H35F15O12S.Na/c1-4-14(8-49-11-22(28,29)25(34,35)36)52-18(43)7-17(20(44)53-15(5-2)9-50-12-23(30,31)26(37,38)39)19(55(46,47)48)21(45)54-16(6-3)10-51-13-24(32,33)27(40,41)42;/h14-17,19H,4-13H2,1-3H3,(H,46,47,48);/q;+1/p-1. The first-order chi connectivity index (χ1) is 24.7. The van der Waals surface area contributed by atoms with Gasteiger partial charge in [-0.3, -0.25) is 14.4 Å². The fourth-order valence-corrected chi connectivity index (χ4v) is 4.50. The van der Waals surface area contributed by atoms with Gasteiger partial charge in [0.2, 0.25) is 0 Å². The summed E-state index contributed by atoms with van der Waals surface area (Å²) >= 11 is 0. The van der Waals surface area contributed by atoms with Crippen molar-refractivity contribution in [1.29, 1.82) is 0 Å². The summed E-state index contributed by atoms with van der Waals surface area (Å²) in [7, 11) is -6.26. The number of ether oxygens (including phenoxy) is 6. The molecule has 0 saturated carbocycles. The third-order valence-corrected chi connectivity index (χ3v) is 7.98. The molecule has 56 heavy (non-hydrogen) atoms. The Kier molecular flexibility index (Phi) is 22.6. The number of rotatable bonds is 24. The maximum Gasteiger partial charge on any atom is 1.00 e. The molecule has 0 radical (unpaired) electrons. The van der Waals surface area contributed by atoms with Crippen LogP contribution in [0.25, 0.3) is 0 Å². The van der Waals surface area contributed by atoms with Crippen LogP contribution >= 0.6 is 0 Å². The van der Waals surface area contributed by atoms with Gasteiger partial charge in [0.05, 0.1) is 32.2 Å². The second-order valence-electron chi connectivity index (χ2n) is 11.3. The van der Waals surface area contributed by atoms with Crippen LogP contribution in [0.15, 0.2) is 0 Å². The molecule has 0 heterocycles. The number of hydrogen-bond donors (Lipinski definition) is 0. The zero-order valence-electron chi connectivity index (χ0n) is 29.4. The maximum absolute atomic E-state index is 13.2. The molecule has 29 heteroatoms. The van der Waals surface area contributed by atoms with Crippen molar-refractivity contribution in [1.82, 2.24) is 0 Å². The second kappa shape index (κ2) is 22.5. The third kappa shape index (κ3) is 18.4.